The fraction of sp³-hybridized carbons (Fsp3) is 0.188. The third-order valence-electron chi connectivity index (χ3n) is 3.48. The number of fused-ring (bicyclic) bond motifs is 1. The number of carbonyl (C=O) groups is 1. The van der Waals surface area contributed by atoms with Gasteiger partial charge in [-0.3, -0.25) is 4.79 Å². The number of carbonyl (C=O) groups excluding carboxylic acids is 1. The molecular formula is C16H10Cl2F4N4O2. The molecule has 0 aliphatic rings. The van der Waals surface area contributed by atoms with E-state index in [9.17, 15) is 22.4 Å². The topological polar surface area (TPSA) is 68.5 Å². The van der Waals surface area contributed by atoms with E-state index in [0.717, 1.165) is 16.6 Å². The van der Waals surface area contributed by atoms with Crippen LogP contribution in [-0.2, 0) is 5.38 Å². The van der Waals surface area contributed by atoms with Gasteiger partial charge in [-0.25, -0.2) is 9.50 Å². The minimum absolute atomic E-state index is 0.000751. The minimum atomic E-state index is -3.72. The van der Waals surface area contributed by atoms with Crippen LogP contribution in [0.5, 0.6) is 5.75 Å². The number of halogens is 6. The molecule has 0 radical (unpaired) electrons. The Morgan fingerprint density at radius 1 is 1.29 bits per heavy atom. The molecule has 0 aliphatic heterocycles. The van der Waals surface area contributed by atoms with Crippen LogP contribution in [-0.4, -0.2) is 27.1 Å². The number of aryl methyl sites for hydroxylation is 1. The Balaban J connectivity index is 1.89. The Bertz CT molecular complexity index is 1050. The highest BCUT2D eigenvalue weighted by atomic mass is 35.5. The first-order valence-electron chi connectivity index (χ1n) is 7.55. The Kier molecular flexibility index (Phi) is 5.35. The molecule has 3 aromatic rings. The Morgan fingerprint density at radius 2 is 2.00 bits per heavy atom. The van der Waals surface area contributed by atoms with Crippen molar-refractivity contribution in [3.05, 3.63) is 52.4 Å². The van der Waals surface area contributed by atoms with Gasteiger partial charge in [0.1, 0.15) is 11.4 Å². The van der Waals surface area contributed by atoms with E-state index in [1.165, 1.54) is 25.1 Å². The summed E-state index contributed by atoms with van der Waals surface area (Å²) in [6.07, 6.45) is 0. The maximum atomic E-state index is 13.6. The molecule has 0 saturated heterocycles. The fourth-order valence-electron chi connectivity index (χ4n) is 2.38. The Labute approximate surface area is 165 Å². The van der Waals surface area contributed by atoms with Gasteiger partial charge >= 0.3 is 12.0 Å². The molecule has 1 N–H and O–H groups in total. The monoisotopic (exact) mass is 436 g/mol. The van der Waals surface area contributed by atoms with Gasteiger partial charge in [0.2, 0.25) is 0 Å². The van der Waals surface area contributed by atoms with Crippen LogP contribution in [0, 0.1) is 6.92 Å². The van der Waals surface area contributed by atoms with E-state index >= 15 is 0 Å². The lowest BCUT2D eigenvalue weighted by molar-refractivity contribution is -0.0497. The molecule has 0 unspecified atom stereocenters. The molecule has 0 saturated carbocycles. The molecule has 28 heavy (non-hydrogen) atoms. The average molecular weight is 437 g/mol. The molecule has 0 aliphatic carbocycles. The third-order valence-corrected chi connectivity index (χ3v) is 3.97. The predicted octanol–water partition coefficient (Wildman–Crippen LogP) is 4.83. The average Bonchev–Trinajstić information content (AvgIpc) is 2.99. The SMILES string of the molecule is Cc1cc(C(F)(F)Cl)n2nc(C(=O)Nc3ccc(OC(F)F)c(Cl)c3)cc2n1. The van der Waals surface area contributed by atoms with Crippen molar-refractivity contribution in [2.45, 2.75) is 18.9 Å². The molecule has 1 amide bonds. The number of rotatable bonds is 5. The number of anilines is 1. The molecule has 0 spiro atoms. The van der Waals surface area contributed by atoms with E-state index in [4.69, 9.17) is 23.2 Å². The van der Waals surface area contributed by atoms with Crippen LogP contribution < -0.4 is 10.1 Å². The van der Waals surface area contributed by atoms with Crippen molar-refractivity contribution in [1.82, 2.24) is 14.6 Å². The van der Waals surface area contributed by atoms with Crippen molar-refractivity contribution >= 4 is 40.4 Å². The second-order valence-corrected chi connectivity index (χ2v) is 6.44. The van der Waals surface area contributed by atoms with Crippen LogP contribution in [0.4, 0.5) is 23.2 Å². The third kappa shape index (κ3) is 4.28. The van der Waals surface area contributed by atoms with Gasteiger partial charge in [-0.15, -0.1) is 0 Å². The van der Waals surface area contributed by atoms with Gasteiger partial charge < -0.3 is 10.1 Å². The number of benzene rings is 1. The molecule has 0 fully saturated rings. The van der Waals surface area contributed by atoms with Crippen LogP contribution in [0.15, 0.2) is 30.3 Å². The van der Waals surface area contributed by atoms with Crippen LogP contribution >= 0.6 is 23.2 Å². The van der Waals surface area contributed by atoms with Gasteiger partial charge in [-0.1, -0.05) is 11.6 Å². The fourth-order valence-corrected chi connectivity index (χ4v) is 2.74. The van der Waals surface area contributed by atoms with Crippen molar-refractivity contribution in [3.8, 4) is 5.75 Å². The van der Waals surface area contributed by atoms with Gasteiger partial charge in [0.15, 0.2) is 11.3 Å². The second-order valence-electron chi connectivity index (χ2n) is 5.56. The summed E-state index contributed by atoms with van der Waals surface area (Å²) < 4.78 is 56.6. The Morgan fingerprint density at radius 3 is 2.61 bits per heavy atom. The Hall–Kier alpha value is -2.59. The quantitative estimate of drug-likeness (QED) is 0.459. The normalized spacial score (nSPS) is 11.9. The summed E-state index contributed by atoms with van der Waals surface area (Å²) in [5, 5.41) is 2.36. The highest BCUT2D eigenvalue weighted by Gasteiger charge is 2.32. The van der Waals surface area contributed by atoms with Crippen molar-refractivity contribution in [3.63, 3.8) is 0 Å². The van der Waals surface area contributed by atoms with Crippen molar-refractivity contribution < 1.29 is 27.1 Å². The molecule has 6 nitrogen and oxygen atoms in total. The predicted molar refractivity (Wildman–Crippen MR) is 93.5 cm³/mol. The molecule has 12 heteroatoms. The van der Waals surface area contributed by atoms with E-state index in [1.807, 2.05) is 0 Å². The molecular weight excluding hydrogens is 427 g/mol. The van der Waals surface area contributed by atoms with E-state index in [2.05, 4.69) is 20.1 Å². The summed E-state index contributed by atoms with van der Waals surface area (Å²) >= 11 is 10.9. The first-order chi connectivity index (χ1) is 13.0. The number of amides is 1. The van der Waals surface area contributed by atoms with E-state index < -0.39 is 23.6 Å². The number of hydrogen-bond donors (Lipinski definition) is 1. The van der Waals surface area contributed by atoms with Crippen LogP contribution in [0.3, 0.4) is 0 Å². The summed E-state index contributed by atoms with van der Waals surface area (Å²) in [6.45, 7) is -1.56. The number of alkyl halides is 5. The molecule has 3 rings (SSSR count). The number of aromatic nitrogens is 3. The van der Waals surface area contributed by atoms with Gasteiger partial charge in [0.05, 0.1) is 5.02 Å². The van der Waals surface area contributed by atoms with E-state index in [1.54, 1.807) is 0 Å². The van der Waals surface area contributed by atoms with E-state index in [0.29, 0.717) is 0 Å². The lowest BCUT2D eigenvalue weighted by Gasteiger charge is -2.10. The summed E-state index contributed by atoms with van der Waals surface area (Å²) in [6, 6.07) is 5.86. The zero-order valence-corrected chi connectivity index (χ0v) is 15.4. The summed E-state index contributed by atoms with van der Waals surface area (Å²) in [5.74, 6) is -1.03. The largest absolute Gasteiger partial charge is 0.433 e. The number of hydrogen-bond acceptors (Lipinski definition) is 4. The second kappa shape index (κ2) is 7.44. The van der Waals surface area contributed by atoms with Crippen LogP contribution in [0.1, 0.15) is 21.9 Å². The first kappa shape index (κ1) is 20.2. The highest BCUT2D eigenvalue weighted by Crippen LogP contribution is 2.33. The lowest BCUT2D eigenvalue weighted by atomic mass is 10.3. The van der Waals surface area contributed by atoms with Crippen LogP contribution in [0.2, 0.25) is 5.02 Å². The lowest BCUT2D eigenvalue weighted by Crippen LogP contribution is -2.15. The smallest absolute Gasteiger partial charge is 0.387 e. The number of nitrogens with one attached hydrogen (secondary N) is 1. The van der Waals surface area contributed by atoms with Crippen molar-refractivity contribution in [2.24, 2.45) is 0 Å². The molecule has 0 atom stereocenters. The number of ether oxygens (including phenoxy) is 1. The minimum Gasteiger partial charge on any atom is -0.433 e. The zero-order chi connectivity index (χ0) is 20.6. The summed E-state index contributed by atoms with van der Waals surface area (Å²) in [5.41, 5.74) is -0.451. The van der Waals surface area contributed by atoms with Crippen molar-refractivity contribution in [2.75, 3.05) is 5.32 Å². The van der Waals surface area contributed by atoms with Gasteiger partial charge in [-0.2, -0.15) is 22.7 Å². The maximum absolute atomic E-state index is 13.6. The van der Waals surface area contributed by atoms with Gasteiger partial charge in [-0.05, 0) is 42.8 Å². The van der Waals surface area contributed by atoms with Gasteiger partial charge in [0.25, 0.3) is 5.91 Å². The van der Waals surface area contributed by atoms with Crippen molar-refractivity contribution in [1.29, 1.82) is 0 Å². The summed E-state index contributed by atoms with van der Waals surface area (Å²) in [4.78, 5) is 16.4. The summed E-state index contributed by atoms with van der Waals surface area (Å²) in [7, 11) is 0. The molecule has 2 heterocycles. The maximum Gasteiger partial charge on any atom is 0.387 e. The van der Waals surface area contributed by atoms with E-state index in [-0.39, 0.29) is 33.5 Å². The first-order valence-corrected chi connectivity index (χ1v) is 8.30. The number of nitrogens with zero attached hydrogens (tertiary/aromatic N) is 3. The van der Waals surface area contributed by atoms with Gasteiger partial charge in [0, 0.05) is 17.4 Å². The molecule has 2 aromatic heterocycles. The standard InChI is InChI=1S/C16H10Cl2F4N4O2/c1-7-4-12(16(18,21)22)26-13(23-7)6-10(25-26)14(27)24-8-2-3-11(9(17)5-8)28-15(19)20/h2-6,15H,1H3,(H,24,27). The highest BCUT2D eigenvalue weighted by molar-refractivity contribution is 6.32. The molecule has 148 valence electrons. The molecule has 1 aromatic carbocycles. The molecule has 0 bridgehead atoms. The van der Waals surface area contributed by atoms with Crippen LogP contribution in [0.25, 0.3) is 5.65 Å². The zero-order valence-electron chi connectivity index (χ0n) is 13.9.